The lowest BCUT2D eigenvalue weighted by molar-refractivity contribution is -0.178. The summed E-state index contributed by atoms with van der Waals surface area (Å²) in [6, 6.07) is 13.6. The van der Waals surface area contributed by atoms with Crippen molar-refractivity contribution in [2.24, 2.45) is 0 Å². The first-order chi connectivity index (χ1) is 13.1. The Morgan fingerprint density at radius 3 is 2.07 bits per heavy atom. The van der Waals surface area contributed by atoms with Crippen LogP contribution in [-0.2, 0) is 14.4 Å². The van der Waals surface area contributed by atoms with E-state index in [1.807, 2.05) is 42.5 Å². The molecule has 0 saturated carbocycles. The van der Waals surface area contributed by atoms with Gasteiger partial charge in [-0.3, -0.25) is 9.59 Å². The summed E-state index contributed by atoms with van der Waals surface area (Å²) in [7, 11) is 3.40. The van der Waals surface area contributed by atoms with Gasteiger partial charge in [-0.15, -0.1) is 5.06 Å². The molecule has 0 aliphatic heterocycles. The van der Waals surface area contributed by atoms with Crippen molar-refractivity contribution in [2.45, 2.75) is 51.4 Å². The Labute approximate surface area is 161 Å². The van der Waals surface area contributed by atoms with Crippen LogP contribution in [0.2, 0.25) is 0 Å². The first-order valence-electron chi connectivity index (χ1n) is 9.63. The summed E-state index contributed by atoms with van der Waals surface area (Å²) >= 11 is 0. The molecule has 0 amide bonds. The summed E-state index contributed by atoms with van der Waals surface area (Å²) in [4.78, 5) is 28.4. The van der Waals surface area contributed by atoms with Crippen molar-refractivity contribution < 1.29 is 19.2 Å². The quantitative estimate of drug-likeness (QED) is 0.244. The molecule has 0 aromatic heterocycles. The fraction of sp³-hybridized carbons (Fsp3) is 0.455. The van der Waals surface area contributed by atoms with Gasteiger partial charge in [0.15, 0.2) is 0 Å². The smallest absolute Gasteiger partial charge is 0.325 e. The molecule has 2 rings (SSSR count). The Kier molecular flexibility index (Phi) is 8.78. The van der Waals surface area contributed by atoms with Crippen LogP contribution in [0.1, 0.15) is 51.4 Å². The lowest BCUT2D eigenvalue weighted by Gasteiger charge is -2.09. The molecule has 0 saturated heterocycles. The molecule has 0 bridgehead atoms. The average molecular weight is 371 g/mol. The third-order valence-electron chi connectivity index (χ3n) is 4.27. The lowest BCUT2D eigenvalue weighted by Crippen LogP contribution is -2.18. The number of esters is 1. The summed E-state index contributed by atoms with van der Waals surface area (Å²) < 4.78 is 5.54. The van der Waals surface area contributed by atoms with Crippen LogP contribution in [0, 0.1) is 0 Å². The number of benzene rings is 2. The topological polar surface area (TPSA) is 55.8 Å². The molecule has 0 aliphatic rings. The minimum atomic E-state index is -0.184. The van der Waals surface area contributed by atoms with Gasteiger partial charge in [0.1, 0.15) is 5.75 Å². The predicted octanol–water partition coefficient (Wildman–Crippen LogP) is 4.89. The van der Waals surface area contributed by atoms with E-state index in [0.29, 0.717) is 18.6 Å². The van der Waals surface area contributed by atoms with E-state index in [1.165, 1.54) is 5.06 Å². The predicted molar refractivity (Wildman–Crippen MR) is 106 cm³/mol. The van der Waals surface area contributed by atoms with Crippen LogP contribution in [0.5, 0.6) is 5.75 Å². The number of nitrogens with zero attached hydrogens (tertiary/aromatic N) is 1. The van der Waals surface area contributed by atoms with Gasteiger partial charge in [0.05, 0.1) is 0 Å². The monoisotopic (exact) mass is 371 g/mol. The summed E-state index contributed by atoms with van der Waals surface area (Å²) in [6.07, 6.45) is 6.67. The van der Waals surface area contributed by atoms with E-state index in [0.717, 1.165) is 49.3 Å². The number of unbranched alkanes of at least 4 members (excludes halogenated alkanes) is 5. The highest BCUT2D eigenvalue weighted by Crippen LogP contribution is 2.25. The number of hydroxylamine groups is 2. The van der Waals surface area contributed by atoms with Gasteiger partial charge in [-0.1, -0.05) is 62.1 Å². The van der Waals surface area contributed by atoms with E-state index in [9.17, 15) is 9.59 Å². The van der Waals surface area contributed by atoms with Crippen LogP contribution >= 0.6 is 0 Å². The molecule has 0 N–H and O–H groups in total. The molecule has 0 fully saturated rings. The van der Waals surface area contributed by atoms with Crippen molar-refractivity contribution >= 4 is 22.7 Å². The van der Waals surface area contributed by atoms with Gasteiger partial charge in [0.2, 0.25) is 0 Å². The molecule has 2 aromatic rings. The fourth-order valence-corrected chi connectivity index (χ4v) is 2.95. The van der Waals surface area contributed by atoms with Crippen LogP contribution in [0.4, 0.5) is 0 Å². The zero-order chi connectivity index (χ0) is 19.5. The maximum Gasteiger partial charge on any atom is 0.325 e. The average Bonchev–Trinajstić information content (AvgIpc) is 2.63. The SMILES string of the molecule is CN(C)OC(=O)CCCCCCCCC(=O)Oc1cccc2ccccc12. The lowest BCUT2D eigenvalue weighted by atomic mass is 10.1. The summed E-state index contributed by atoms with van der Waals surface area (Å²) in [5.41, 5.74) is 0. The maximum absolute atomic E-state index is 12.1. The largest absolute Gasteiger partial charge is 0.426 e. The molecule has 146 valence electrons. The number of rotatable bonds is 11. The van der Waals surface area contributed by atoms with Crippen molar-refractivity contribution in [1.29, 1.82) is 0 Å². The van der Waals surface area contributed by atoms with E-state index in [1.54, 1.807) is 14.1 Å². The number of carbonyl (C=O) groups excluding carboxylic acids is 2. The minimum Gasteiger partial charge on any atom is -0.426 e. The standard InChI is InChI=1S/C22H29NO4/c1-23(2)27-22(25)17-8-6-4-3-5-7-16-21(24)26-20-15-11-13-18-12-9-10-14-19(18)20/h9-15H,3-8,16-17H2,1-2H3. The third kappa shape index (κ3) is 7.79. The molecular weight excluding hydrogens is 342 g/mol. The molecule has 27 heavy (non-hydrogen) atoms. The van der Waals surface area contributed by atoms with Gasteiger partial charge in [-0.05, 0) is 24.3 Å². The highest BCUT2D eigenvalue weighted by atomic mass is 16.7. The van der Waals surface area contributed by atoms with Gasteiger partial charge < -0.3 is 9.57 Å². The van der Waals surface area contributed by atoms with E-state index < -0.39 is 0 Å². The first-order valence-corrected chi connectivity index (χ1v) is 9.63. The fourth-order valence-electron chi connectivity index (χ4n) is 2.95. The van der Waals surface area contributed by atoms with Crippen molar-refractivity contribution in [3.8, 4) is 5.75 Å². The van der Waals surface area contributed by atoms with Crippen LogP contribution in [0.3, 0.4) is 0 Å². The molecule has 0 spiro atoms. The number of ether oxygens (including phenoxy) is 1. The summed E-state index contributed by atoms with van der Waals surface area (Å²) in [6.45, 7) is 0. The van der Waals surface area contributed by atoms with Crippen molar-refractivity contribution in [3.63, 3.8) is 0 Å². The Bertz CT molecular complexity index is 737. The van der Waals surface area contributed by atoms with Gasteiger partial charge in [-0.2, -0.15) is 0 Å². The van der Waals surface area contributed by atoms with Gasteiger partial charge in [0.25, 0.3) is 0 Å². The molecule has 0 atom stereocenters. The Hall–Kier alpha value is -2.40. The molecule has 0 radical (unpaired) electrons. The highest BCUT2D eigenvalue weighted by Gasteiger charge is 2.08. The molecular formula is C22H29NO4. The zero-order valence-electron chi connectivity index (χ0n) is 16.3. The summed E-state index contributed by atoms with van der Waals surface area (Å²) in [5.74, 6) is 0.261. The van der Waals surface area contributed by atoms with Crippen molar-refractivity contribution in [1.82, 2.24) is 5.06 Å². The molecule has 5 heteroatoms. The van der Waals surface area contributed by atoms with Crippen LogP contribution in [0.25, 0.3) is 10.8 Å². The van der Waals surface area contributed by atoms with Crippen LogP contribution in [-0.4, -0.2) is 31.1 Å². The second-order valence-electron chi connectivity index (χ2n) is 6.85. The van der Waals surface area contributed by atoms with Gasteiger partial charge in [-0.25, -0.2) is 0 Å². The second kappa shape index (κ2) is 11.3. The van der Waals surface area contributed by atoms with Crippen LogP contribution in [0.15, 0.2) is 42.5 Å². The van der Waals surface area contributed by atoms with Crippen molar-refractivity contribution in [3.05, 3.63) is 42.5 Å². The first kappa shape index (κ1) is 20.9. The Balaban J connectivity index is 1.57. The second-order valence-corrected chi connectivity index (χ2v) is 6.85. The normalized spacial score (nSPS) is 10.9. The van der Waals surface area contributed by atoms with E-state index in [4.69, 9.17) is 9.57 Å². The molecule has 0 aliphatic carbocycles. The van der Waals surface area contributed by atoms with Gasteiger partial charge in [0, 0.05) is 32.3 Å². The zero-order valence-corrected chi connectivity index (χ0v) is 16.3. The van der Waals surface area contributed by atoms with Crippen molar-refractivity contribution in [2.75, 3.05) is 14.1 Å². The molecule has 5 nitrogen and oxygen atoms in total. The van der Waals surface area contributed by atoms with E-state index in [2.05, 4.69) is 0 Å². The molecule has 0 heterocycles. The van der Waals surface area contributed by atoms with E-state index >= 15 is 0 Å². The number of hydrogen-bond donors (Lipinski definition) is 0. The highest BCUT2D eigenvalue weighted by molar-refractivity contribution is 5.90. The number of carbonyl (C=O) groups is 2. The molecule has 0 unspecified atom stereocenters. The Morgan fingerprint density at radius 2 is 1.37 bits per heavy atom. The maximum atomic E-state index is 12.1. The van der Waals surface area contributed by atoms with Gasteiger partial charge >= 0.3 is 11.9 Å². The van der Waals surface area contributed by atoms with E-state index in [-0.39, 0.29) is 11.9 Å². The van der Waals surface area contributed by atoms with Crippen LogP contribution < -0.4 is 4.74 Å². The molecule has 2 aromatic carbocycles. The number of hydrogen-bond acceptors (Lipinski definition) is 5. The third-order valence-corrected chi connectivity index (χ3v) is 4.27. The minimum absolute atomic E-state index is 0.183. The summed E-state index contributed by atoms with van der Waals surface area (Å²) in [5, 5.41) is 3.44. The number of fused-ring (bicyclic) bond motifs is 1. The Morgan fingerprint density at radius 1 is 0.778 bits per heavy atom.